The third-order valence-corrected chi connectivity index (χ3v) is 6.26. The molecule has 0 saturated carbocycles. The van der Waals surface area contributed by atoms with E-state index in [1.165, 1.54) is 4.90 Å². The molecular weight excluding hydrogens is 328 g/mol. The van der Waals surface area contributed by atoms with Crippen molar-refractivity contribution in [2.45, 2.75) is 12.5 Å². The fourth-order valence-electron chi connectivity index (χ4n) is 5.24. The molecule has 5 nitrogen and oxygen atoms in total. The predicted molar refractivity (Wildman–Crippen MR) is 94.8 cm³/mol. The van der Waals surface area contributed by atoms with Gasteiger partial charge >= 0.3 is 0 Å². The lowest BCUT2D eigenvalue weighted by atomic mass is 9.74. The van der Waals surface area contributed by atoms with Crippen molar-refractivity contribution in [3.63, 3.8) is 0 Å². The summed E-state index contributed by atoms with van der Waals surface area (Å²) in [6.07, 6.45) is 0. The monoisotopic (exact) mass is 346 g/mol. The van der Waals surface area contributed by atoms with Gasteiger partial charge in [-0.2, -0.15) is 0 Å². The molecule has 3 aliphatic rings. The van der Waals surface area contributed by atoms with Crippen molar-refractivity contribution in [3.05, 3.63) is 59.7 Å². The zero-order chi connectivity index (χ0) is 18.2. The van der Waals surface area contributed by atoms with Crippen molar-refractivity contribution in [3.8, 4) is 11.1 Å². The van der Waals surface area contributed by atoms with Gasteiger partial charge in [0.15, 0.2) is 0 Å². The maximum Gasteiger partial charge on any atom is 0.242 e. The molecule has 0 N–H and O–H groups in total. The Morgan fingerprint density at radius 3 is 1.92 bits per heavy atom. The summed E-state index contributed by atoms with van der Waals surface area (Å²) in [5, 5.41) is 0. The summed E-state index contributed by atoms with van der Waals surface area (Å²) in [4.78, 5) is 42.0. The fraction of sp³-hybridized carbons (Fsp3) is 0.286. The molecule has 26 heavy (non-hydrogen) atoms. The average molecular weight is 346 g/mol. The predicted octanol–water partition coefficient (Wildman–Crippen LogP) is 2.00. The van der Waals surface area contributed by atoms with Crippen LogP contribution in [-0.2, 0) is 19.9 Å². The quantitative estimate of drug-likeness (QED) is 0.586. The van der Waals surface area contributed by atoms with E-state index in [0.717, 1.165) is 22.3 Å². The van der Waals surface area contributed by atoms with Crippen LogP contribution in [0, 0.1) is 11.8 Å². The van der Waals surface area contributed by atoms with Crippen molar-refractivity contribution in [1.82, 2.24) is 9.80 Å². The van der Waals surface area contributed by atoms with Gasteiger partial charge in [0.05, 0.1) is 5.92 Å². The van der Waals surface area contributed by atoms with Gasteiger partial charge in [-0.05, 0) is 29.2 Å². The second-order valence-corrected chi connectivity index (χ2v) is 7.13. The summed E-state index contributed by atoms with van der Waals surface area (Å²) in [5.41, 5.74) is 3.01. The topological polar surface area (TPSA) is 57.7 Å². The number of hydrogen-bond donors (Lipinski definition) is 0. The molecule has 1 spiro atoms. The minimum Gasteiger partial charge on any atom is -0.330 e. The maximum atomic E-state index is 13.2. The number of carbonyl (C=O) groups excluding carboxylic acids is 3. The molecule has 3 amide bonds. The van der Waals surface area contributed by atoms with Crippen molar-refractivity contribution < 1.29 is 14.4 Å². The number of imide groups is 1. The van der Waals surface area contributed by atoms with Gasteiger partial charge < -0.3 is 4.90 Å². The van der Waals surface area contributed by atoms with Crippen molar-refractivity contribution in [1.29, 1.82) is 0 Å². The van der Waals surface area contributed by atoms with Crippen LogP contribution < -0.4 is 0 Å². The molecule has 0 aromatic heterocycles. The highest BCUT2D eigenvalue weighted by atomic mass is 16.2. The first-order valence-electron chi connectivity index (χ1n) is 8.87. The van der Waals surface area contributed by atoms with Crippen LogP contribution in [0.2, 0.25) is 0 Å². The smallest absolute Gasteiger partial charge is 0.242 e. The standard InChI is InChI=1S/C21H18N2O3/c1-3-23-19(25)16-17(20(23)26)21(22(2)18(16)24)14-10-6-4-8-12(14)13-9-5-7-11-15(13)21/h4-11,16-17H,3H2,1-2H3/t16-,17-/m0/s1. The lowest BCUT2D eigenvalue weighted by molar-refractivity contribution is -0.144. The van der Waals surface area contributed by atoms with E-state index in [2.05, 4.69) is 0 Å². The van der Waals surface area contributed by atoms with Crippen LogP contribution >= 0.6 is 0 Å². The second kappa shape index (κ2) is 4.81. The minimum absolute atomic E-state index is 0.244. The SMILES string of the molecule is CCN1C(=O)[C@@H]2C(=O)N(C)C3(c4ccccc4-c4ccccc43)[C@@H]2C1=O. The zero-order valence-corrected chi connectivity index (χ0v) is 14.6. The van der Waals surface area contributed by atoms with E-state index in [1.54, 1.807) is 18.9 Å². The number of amides is 3. The summed E-state index contributed by atoms with van der Waals surface area (Å²) in [7, 11) is 1.72. The normalized spacial score (nSPS) is 25.1. The number of nitrogens with zero attached hydrogens (tertiary/aromatic N) is 2. The third kappa shape index (κ3) is 1.43. The Kier molecular flexibility index (Phi) is 2.84. The van der Waals surface area contributed by atoms with Gasteiger partial charge in [0.25, 0.3) is 0 Å². The Balaban J connectivity index is 1.88. The Hall–Kier alpha value is -2.95. The van der Waals surface area contributed by atoms with Crippen LogP contribution in [0.3, 0.4) is 0 Å². The van der Waals surface area contributed by atoms with Gasteiger partial charge in [-0.3, -0.25) is 19.3 Å². The number of fused-ring (bicyclic) bond motifs is 7. The maximum absolute atomic E-state index is 13.2. The van der Waals surface area contributed by atoms with Crippen LogP contribution in [0.15, 0.2) is 48.5 Å². The number of benzene rings is 2. The molecule has 0 radical (unpaired) electrons. The van der Waals surface area contributed by atoms with Crippen molar-refractivity contribution >= 4 is 17.7 Å². The van der Waals surface area contributed by atoms with Gasteiger partial charge in [-0.15, -0.1) is 0 Å². The lowest BCUT2D eigenvalue weighted by Gasteiger charge is -2.38. The fourth-order valence-corrected chi connectivity index (χ4v) is 5.24. The highest BCUT2D eigenvalue weighted by Crippen LogP contribution is 2.61. The number of likely N-dealkylation sites (tertiary alicyclic amines) is 2. The number of hydrogen-bond acceptors (Lipinski definition) is 3. The molecule has 0 bridgehead atoms. The van der Waals surface area contributed by atoms with E-state index in [4.69, 9.17) is 0 Å². The molecule has 2 saturated heterocycles. The molecule has 2 aromatic rings. The summed E-state index contributed by atoms with van der Waals surface area (Å²) in [6.45, 7) is 2.06. The lowest BCUT2D eigenvalue weighted by Crippen LogP contribution is -2.48. The van der Waals surface area contributed by atoms with Crippen molar-refractivity contribution in [2.75, 3.05) is 13.6 Å². The molecule has 5 heteroatoms. The third-order valence-electron chi connectivity index (χ3n) is 6.26. The highest BCUT2D eigenvalue weighted by molar-refractivity contribution is 6.18. The molecule has 2 aromatic carbocycles. The van der Waals surface area contributed by atoms with Gasteiger partial charge in [-0.1, -0.05) is 48.5 Å². The van der Waals surface area contributed by atoms with Crippen LogP contribution in [-0.4, -0.2) is 41.1 Å². The van der Waals surface area contributed by atoms with Crippen LogP contribution in [0.25, 0.3) is 11.1 Å². The molecule has 2 heterocycles. The first-order valence-corrected chi connectivity index (χ1v) is 8.87. The van der Waals surface area contributed by atoms with E-state index in [9.17, 15) is 14.4 Å². The first kappa shape index (κ1) is 15.3. The van der Waals surface area contributed by atoms with E-state index in [0.29, 0.717) is 6.54 Å². The van der Waals surface area contributed by atoms with E-state index in [-0.39, 0.29) is 17.7 Å². The van der Waals surface area contributed by atoms with Gasteiger partial charge in [0, 0.05) is 13.6 Å². The molecule has 1 aliphatic carbocycles. The van der Waals surface area contributed by atoms with Crippen molar-refractivity contribution in [2.24, 2.45) is 11.8 Å². The van der Waals surface area contributed by atoms with E-state index in [1.807, 2.05) is 48.5 Å². The summed E-state index contributed by atoms with van der Waals surface area (Å²) >= 11 is 0. The molecule has 2 fully saturated rings. The average Bonchev–Trinajstić information content (AvgIpc) is 3.19. The molecular formula is C21H18N2O3. The molecule has 2 atom stereocenters. The van der Waals surface area contributed by atoms with Gasteiger partial charge in [-0.25, -0.2) is 0 Å². The number of rotatable bonds is 1. The van der Waals surface area contributed by atoms with Crippen LogP contribution in [0.4, 0.5) is 0 Å². The van der Waals surface area contributed by atoms with E-state index < -0.39 is 17.4 Å². The Morgan fingerprint density at radius 1 is 0.846 bits per heavy atom. The zero-order valence-electron chi connectivity index (χ0n) is 14.6. The molecule has 130 valence electrons. The summed E-state index contributed by atoms with van der Waals surface area (Å²) in [6, 6.07) is 15.8. The summed E-state index contributed by atoms with van der Waals surface area (Å²) in [5.74, 6) is -2.51. The van der Waals surface area contributed by atoms with Crippen LogP contribution in [0.5, 0.6) is 0 Å². The van der Waals surface area contributed by atoms with E-state index >= 15 is 0 Å². The Labute approximate surface area is 151 Å². The van der Waals surface area contributed by atoms with Crippen LogP contribution in [0.1, 0.15) is 18.1 Å². The minimum atomic E-state index is -0.924. The first-order chi connectivity index (χ1) is 12.5. The van der Waals surface area contributed by atoms with Gasteiger partial charge in [0.1, 0.15) is 11.5 Å². The molecule has 2 aliphatic heterocycles. The summed E-state index contributed by atoms with van der Waals surface area (Å²) < 4.78 is 0. The second-order valence-electron chi connectivity index (χ2n) is 7.13. The Morgan fingerprint density at radius 2 is 1.38 bits per heavy atom. The largest absolute Gasteiger partial charge is 0.330 e. The Bertz CT molecular complexity index is 951. The van der Waals surface area contributed by atoms with Gasteiger partial charge in [0.2, 0.25) is 17.7 Å². The molecule has 0 unspecified atom stereocenters. The highest BCUT2D eigenvalue weighted by Gasteiger charge is 2.70. The number of carbonyl (C=O) groups is 3. The molecule has 5 rings (SSSR count).